The predicted molar refractivity (Wildman–Crippen MR) is 79.3 cm³/mol. The molecule has 3 atom stereocenters. The topological polar surface area (TPSA) is 38.3 Å². The third kappa shape index (κ3) is 2.78. The summed E-state index contributed by atoms with van der Waals surface area (Å²) in [6, 6.07) is 7.93. The zero-order valence-electron chi connectivity index (χ0n) is 11.5. The van der Waals surface area contributed by atoms with Crippen molar-refractivity contribution in [3.63, 3.8) is 0 Å². The standard InChI is InChI=1S/C16H20ClNO2/c17-13-6-2-3-7-14(13)18-16(19)12-9-10-20-15-8-4-1-5-11(12)15/h1,4-5,8,12-14H,2-3,6-7,9-10H2,(H,18,19). The molecule has 1 aromatic carbocycles. The number of amides is 1. The number of alkyl halides is 1. The second kappa shape index (κ2) is 6.04. The maximum absolute atomic E-state index is 12.5. The molecule has 3 unspecified atom stereocenters. The minimum absolute atomic E-state index is 0.0720. The van der Waals surface area contributed by atoms with Crippen LogP contribution in [0.15, 0.2) is 24.3 Å². The van der Waals surface area contributed by atoms with Gasteiger partial charge in [0.2, 0.25) is 5.91 Å². The molecule has 3 nitrogen and oxygen atoms in total. The summed E-state index contributed by atoms with van der Waals surface area (Å²) in [4.78, 5) is 12.5. The summed E-state index contributed by atoms with van der Waals surface area (Å²) in [7, 11) is 0. The van der Waals surface area contributed by atoms with Crippen molar-refractivity contribution in [3.05, 3.63) is 29.8 Å². The molecule has 1 heterocycles. The van der Waals surface area contributed by atoms with E-state index in [-0.39, 0.29) is 23.2 Å². The smallest absolute Gasteiger partial charge is 0.228 e. The number of carbonyl (C=O) groups excluding carboxylic acids is 1. The van der Waals surface area contributed by atoms with Crippen molar-refractivity contribution in [1.29, 1.82) is 0 Å². The molecule has 1 aromatic rings. The average molecular weight is 294 g/mol. The van der Waals surface area contributed by atoms with E-state index in [4.69, 9.17) is 16.3 Å². The molecule has 4 heteroatoms. The molecule has 0 aromatic heterocycles. The average Bonchev–Trinajstić information content (AvgIpc) is 2.49. The fourth-order valence-corrected chi connectivity index (χ4v) is 3.49. The highest BCUT2D eigenvalue weighted by Gasteiger charge is 2.31. The molecule has 1 N–H and O–H groups in total. The van der Waals surface area contributed by atoms with Gasteiger partial charge in [-0.25, -0.2) is 0 Å². The molecular weight excluding hydrogens is 274 g/mol. The van der Waals surface area contributed by atoms with Crippen molar-refractivity contribution in [2.75, 3.05) is 6.61 Å². The Kier molecular flexibility index (Phi) is 4.16. The van der Waals surface area contributed by atoms with Crippen molar-refractivity contribution in [2.24, 2.45) is 0 Å². The highest BCUT2D eigenvalue weighted by molar-refractivity contribution is 6.21. The number of nitrogens with one attached hydrogen (secondary N) is 1. The van der Waals surface area contributed by atoms with Gasteiger partial charge in [-0.3, -0.25) is 4.79 Å². The van der Waals surface area contributed by atoms with E-state index < -0.39 is 0 Å². The van der Waals surface area contributed by atoms with Gasteiger partial charge in [0.15, 0.2) is 0 Å². The van der Waals surface area contributed by atoms with Gasteiger partial charge >= 0.3 is 0 Å². The first-order valence-corrected chi connectivity index (χ1v) is 7.85. The first kappa shape index (κ1) is 13.7. The van der Waals surface area contributed by atoms with E-state index in [1.54, 1.807) is 0 Å². The van der Waals surface area contributed by atoms with E-state index in [1.807, 2.05) is 24.3 Å². The molecule has 2 aliphatic rings. The van der Waals surface area contributed by atoms with Crippen molar-refractivity contribution in [3.8, 4) is 5.75 Å². The number of rotatable bonds is 2. The molecule has 1 fully saturated rings. The van der Waals surface area contributed by atoms with Gasteiger partial charge in [-0.15, -0.1) is 11.6 Å². The molecule has 1 saturated carbocycles. The van der Waals surface area contributed by atoms with E-state index in [9.17, 15) is 4.79 Å². The number of ether oxygens (including phenoxy) is 1. The quantitative estimate of drug-likeness (QED) is 0.850. The third-order valence-electron chi connectivity index (χ3n) is 4.28. The van der Waals surface area contributed by atoms with Crippen LogP contribution in [-0.4, -0.2) is 23.9 Å². The second-order valence-corrected chi connectivity index (χ2v) is 6.20. The summed E-state index contributed by atoms with van der Waals surface area (Å²) in [6.45, 7) is 0.601. The van der Waals surface area contributed by atoms with Gasteiger partial charge in [-0.05, 0) is 25.3 Å². The maximum Gasteiger partial charge on any atom is 0.228 e. The van der Waals surface area contributed by atoms with Gasteiger partial charge in [-0.1, -0.05) is 31.0 Å². The molecule has 3 rings (SSSR count). The van der Waals surface area contributed by atoms with Crippen LogP contribution < -0.4 is 10.1 Å². The Bertz CT molecular complexity index is 491. The summed E-state index contributed by atoms with van der Waals surface area (Å²) >= 11 is 6.33. The zero-order chi connectivity index (χ0) is 13.9. The van der Waals surface area contributed by atoms with Gasteiger partial charge in [0.1, 0.15) is 5.75 Å². The molecule has 1 aliphatic heterocycles. The van der Waals surface area contributed by atoms with Crippen molar-refractivity contribution in [1.82, 2.24) is 5.32 Å². The molecular formula is C16H20ClNO2. The highest BCUT2D eigenvalue weighted by Crippen LogP contribution is 2.34. The Balaban J connectivity index is 1.72. The monoisotopic (exact) mass is 293 g/mol. The maximum atomic E-state index is 12.5. The summed E-state index contributed by atoms with van der Waals surface area (Å²) in [5.41, 5.74) is 0.998. The molecule has 1 amide bonds. The lowest BCUT2D eigenvalue weighted by Crippen LogP contribution is -2.45. The molecule has 108 valence electrons. The van der Waals surface area contributed by atoms with Gasteiger partial charge < -0.3 is 10.1 Å². The predicted octanol–water partition coefficient (Wildman–Crippen LogP) is 3.22. The normalized spacial score (nSPS) is 29.1. The Morgan fingerprint density at radius 1 is 1.20 bits per heavy atom. The Hall–Kier alpha value is -1.22. The minimum Gasteiger partial charge on any atom is -0.493 e. The second-order valence-electron chi connectivity index (χ2n) is 5.64. The van der Waals surface area contributed by atoms with Crippen LogP contribution in [0.5, 0.6) is 5.75 Å². The zero-order valence-corrected chi connectivity index (χ0v) is 12.2. The lowest BCUT2D eigenvalue weighted by molar-refractivity contribution is -0.124. The fourth-order valence-electron chi connectivity index (χ4n) is 3.15. The van der Waals surface area contributed by atoms with Crippen LogP contribution in [0, 0.1) is 0 Å². The first-order chi connectivity index (χ1) is 9.75. The first-order valence-electron chi connectivity index (χ1n) is 7.42. The number of para-hydroxylation sites is 1. The number of benzene rings is 1. The summed E-state index contributed by atoms with van der Waals surface area (Å²) < 4.78 is 5.61. The molecule has 0 spiro atoms. The lowest BCUT2D eigenvalue weighted by atomic mass is 9.90. The van der Waals surface area contributed by atoms with Gasteiger partial charge in [0.25, 0.3) is 0 Å². The molecule has 0 saturated heterocycles. The number of carbonyl (C=O) groups is 1. The SMILES string of the molecule is O=C(NC1CCCCC1Cl)C1CCOc2ccccc21. The van der Waals surface area contributed by atoms with Crippen molar-refractivity contribution in [2.45, 2.75) is 49.4 Å². The highest BCUT2D eigenvalue weighted by atomic mass is 35.5. The van der Waals surface area contributed by atoms with Crippen LogP contribution in [0.4, 0.5) is 0 Å². The largest absolute Gasteiger partial charge is 0.493 e. The van der Waals surface area contributed by atoms with E-state index >= 15 is 0 Å². The minimum atomic E-state index is -0.106. The van der Waals surface area contributed by atoms with Crippen molar-refractivity contribution >= 4 is 17.5 Å². The number of fused-ring (bicyclic) bond motifs is 1. The number of hydrogen-bond donors (Lipinski definition) is 1. The van der Waals surface area contributed by atoms with E-state index in [0.29, 0.717) is 6.61 Å². The molecule has 1 aliphatic carbocycles. The van der Waals surface area contributed by atoms with E-state index in [0.717, 1.165) is 37.0 Å². The fraction of sp³-hybridized carbons (Fsp3) is 0.562. The summed E-state index contributed by atoms with van der Waals surface area (Å²) in [6.07, 6.45) is 5.04. The van der Waals surface area contributed by atoms with Gasteiger partial charge in [0, 0.05) is 11.6 Å². The van der Waals surface area contributed by atoms with Crippen molar-refractivity contribution < 1.29 is 9.53 Å². The summed E-state index contributed by atoms with van der Waals surface area (Å²) in [5, 5.41) is 3.22. The van der Waals surface area contributed by atoms with Crippen LogP contribution >= 0.6 is 11.6 Å². The number of halogens is 1. The Labute approximate surface area is 124 Å². The molecule has 0 bridgehead atoms. The van der Waals surface area contributed by atoms with Crippen LogP contribution in [0.3, 0.4) is 0 Å². The van der Waals surface area contributed by atoms with Gasteiger partial charge in [-0.2, -0.15) is 0 Å². The van der Waals surface area contributed by atoms with E-state index in [2.05, 4.69) is 5.32 Å². The Morgan fingerprint density at radius 2 is 2.00 bits per heavy atom. The molecule has 0 radical (unpaired) electrons. The third-order valence-corrected chi connectivity index (χ3v) is 4.81. The summed E-state index contributed by atoms with van der Waals surface area (Å²) in [5.74, 6) is 0.828. The molecule has 20 heavy (non-hydrogen) atoms. The lowest BCUT2D eigenvalue weighted by Gasteiger charge is -2.31. The van der Waals surface area contributed by atoms with Gasteiger partial charge in [0.05, 0.1) is 17.9 Å². The van der Waals surface area contributed by atoms with Crippen LogP contribution in [0.2, 0.25) is 0 Å². The van der Waals surface area contributed by atoms with Crippen LogP contribution in [-0.2, 0) is 4.79 Å². The Morgan fingerprint density at radius 3 is 2.85 bits per heavy atom. The van der Waals surface area contributed by atoms with Crippen LogP contribution in [0.1, 0.15) is 43.6 Å². The number of hydrogen-bond acceptors (Lipinski definition) is 2. The van der Waals surface area contributed by atoms with E-state index in [1.165, 1.54) is 6.42 Å². The van der Waals surface area contributed by atoms with Crippen LogP contribution in [0.25, 0.3) is 0 Å².